The molecule has 0 aliphatic rings. The Labute approximate surface area is 225 Å². The van der Waals surface area contributed by atoms with Gasteiger partial charge in [0.1, 0.15) is 23.9 Å². The lowest BCUT2D eigenvalue weighted by Gasteiger charge is -2.27. The van der Waals surface area contributed by atoms with E-state index in [0.717, 1.165) is 0 Å². The maximum absolute atomic E-state index is 13.0. The third-order valence-corrected chi connectivity index (χ3v) is 5.90. The zero-order valence-corrected chi connectivity index (χ0v) is 22.9. The average Bonchev–Trinajstić information content (AvgIpc) is 2.79. The Bertz CT molecular complexity index is 1090. The minimum Gasteiger partial charge on any atom is -0.480 e. The first kappa shape index (κ1) is 33.5. The van der Waals surface area contributed by atoms with Gasteiger partial charge >= 0.3 is 13.8 Å². The van der Waals surface area contributed by atoms with E-state index in [4.69, 9.17) is 21.3 Å². The highest BCUT2D eigenvalue weighted by Gasteiger charge is 2.33. The largest absolute Gasteiger partial charge is 0.524 e. The van der Waals surface area contributed by atoms with Crippen LogP contribution in [0.15, 0.2) is 24.3 Å². The van der Waals surface area contributed by atoms with Crippen LogP contribution in [-0.4, -0.2) is 68.7 Å². The molecule has 0 bridgehead atoms. The molecule has 0 aromatic heterocycles. The summed E-state index contributed by atoms with van der Waals surface area (Å²) in [6, 6.07) is 0.435. The summed E-state index contributed by atoms with van der Waals surface area (Å²) < 4.78 is 15.4. The number of carbonyl (C=O) groups is 5. The predicted octanol–water partition coefficient (Wildman–Crippen LogP) is -1.25. The molecule has 4 atom stereocenters. The molecular weight excluding hydrogens is 537 g/mol. The topological polar surface area (TPSA) is 260 Å². The Kier molecular flexibility index (Phi) is 12.5. The number of hydrogen-bond acceptors (Lipinski definition) is 8. The van der Waals surface area contributed by atoms with E-state index in [1.807, 2.05) is 0 Å². The molecule has 0 saturated carbocycles. The van der Waals surface area contributed by atoms with Crippen LogP contribution in [0, 0.1) is 11.8 Å². The van der Waals surface area contributed by atoms with Gasteiger partial charge in [0.25, 0.3) is 0 Å². The van der Waals surface area contributed by atoms with Crippen LogP contribution >= 0.6 is 7.82 Å². The van der Waals surface area contributed by atoms with Crippen molar-refractivity contribution >= 4 is 37.4 Å². The number of nitrogens with one attached hydrogen (secondary N) is 3. The fourth-order valence-corrected chi connectivity index (χ4v) is 3.80. The highest BCUT2D eigenvalue weighted by Crippen LogP contribution is 2.37. The molecule has 0 spiro atoms. The number of rotatable bonds is 15. The molecule has 0 radical (unpaired) electrons. The van der Waals surface area contributed by atoms with Gasteiger partial charge in [0.05, 0.1) is 12.5 Å². The lowest BCUT2D eigenvalue weighted by atomic mass is 10.00. The second-order valence-electron chi connectivity index (χ2n) is 9.57. The van der Waals surface area contributed by atoms with Crippen molar-refractivity contribution in [1.29, 1.82) is 0 Å². The first-order valence-electron chi connectivity index (χ1n) is 11.9. The molecule has 0 aliphatic carbocycles. The monoisotopic (exact) mass is 573 g/mol. The van der Waals surface area contributed by atoms with Gasteiger partial charge in [-0.1, -0.05) is 39.8 Å². The van der Waals surface area contributed by atoms with E-state index in [0.29, 0.717) is 5.56 Å². The quantitative estimate of drug-likeness (QED) is 0.115. The van der Waals surface area contributed by atoms with Crippen LogP contribution in [0.1, 0.15) is 39.7 Å². The van der Waals surface area contributed by atoms with Gasteiger partial charge in [-0.05, 0) is 36.0 Å². The van der Waals surface area contributed by atoms with Crippen molar-refractivity contribution in [3.8, 4) is 5.75 Å². The maximum Gasteiger partial charge on any atom is 0.524 e. The van der Waals surface area contributed by atoms with Crippen LogP contribution in [0.25, 0.3) is 0 Å². The first-order chi connectivity index (χ1) is 17.9. The van der Waals surface area contributed by atoms with Gasteiger partial charge in [0.15, 0.2) is 0 Å². The molecule has 0 unspecified atom stereocenters. The molecule has 4 amide bonds. The second kappa shape index (κ2) is 14.6. The predicted molar refractivity (Wildman–Crippen MR) is 138 cm³/mol. The minimum atomic E-state index is -4.73. The zero-order chi connectivity index (χ0) is 30.1. The number of hydrogen-bond donors (Lipinski definition) is 8. The van der Waals surface area contributed by atoms with E-state index < -0.39 is 79.8 Å². The van der Waals surface area contributed by atoms with E-state index in [1.165, 1.54) is 24.3 Å². The van der Waals surface area contributed by atoms with Crippen LogP contribution in [0.3, 0.4) is 0 Å². The minimum absolute atomic E-state index is 0.00689. The number of phosphoric ester groups is 1. The van der Waals surface area contributed by atoms with Gasteiger partial charge in [-0.2, -0.15) is 0 Å². The van der Waals surface area contributed by atoms with Gasteiger partial charge in [0, 0.05) is 0 Å². The van der Waals surface area contributed by atoms with Crippen molar-refractivity contribution in [2.24, 2.45) is 23.3 Å². The number of nitrogens with two attached hydrogens (primary N) is 2. The maximum atomic E-state index is 13.0. The summed E-state index contributed by atoms with van der Waals surface area (Å²) in [5, 5.41) is 16.5. The van der Waals surface area contributed by atoms with Crippen LogP contribution in [-0.2, 0) is 35.0 Å². The smallest absolute Gasteiger partial charge is 0.480 e. The molecule has 10 N–H and O–H groups in total. The van der Waals surface area contributed by atoms with E-state index >= 15 is 0 Å². The van der Waals surface area contributed by atoms with Crippen LogP contribution in [0.2, 0.25) is 0 Å². The van der Waals surface area contributed by atoms with Crippen molar-refractivity contribution in [3.63, 3.8) is 0 Å². The van der Waals surface area contributed by atoms with Gasteiger partial charge in [-0.25, -0.2) is 9.36 Å². The summed E-state index contributed by atoms with van der Waals surface area (Å²) >= 11 is 0. The van der Waals surface area contributed by atoms with Crippen molar-refractivity contribution in [2.75, 3.05) is 0 Å². The normalized spacial score (nSPS) is 14.6. The highest BCUT2D eigenvalue weighted by atomic mass is 31.2. The number of carboxylic acids is 1. The molecule has 0 saturated heterocycles. The average molecular weight is 574 g/mol. The van der Waals surface area contributed by atoms with Gasteiger partial charge in [-0.3, -0.25) is 29.0 Å². The Hall–Kier alpha value is -3.52. The standard InChI is InChI=1S/C23H36N5O10P/c1-11(2)18(22(32)26-16(10-17(25)29)21(31)28-19(12(3)4)23(33)34)27-20(30)15(24)9-13-5-7-14(8-6-13)38-39(35,36)37/h5-8,11-12,15-16,18-19H,9-10,24H2,1-4H3,(H2,25,29)(H,26,32)(H,27,30)(H,28,31)(H,33,34)(H2,35,36,37)/t15-,16-,18-,19-/m0/s1. The molecule has 1 aromatic carbocycles. The van der Waals surface area contributed by atoms with Crippen LogP contribution in [0.4, 0.5) is 0 Å². The summed E-state index contributed by atoms with van der Waals surface area (Å²) in [4.78, 5) is 79.1. The summed E-state index contributed by atoms with van der Waals surface area (Å²) in [5.74, 6) is -5.73. The number of primary amides is 1. The van der Waals surface area contributed by atoms with Crippen molar-refractivity contribution < 1.29 is 48.0 Å². The number of carbonyl (C=O) groups excluding carboxylic acids is 4. The molecule has 0 heterocycles. The van der Waals surface area contributed by atoms with E-state index in [1.54, 1.807) is 27.7 Å². The Balaban J connectivity index is 2.93. The molecule has 1 aromatic rings. The molecule has 39 heavy (non-hydrogen) atoms. The van der Waals surface area contributed by atoms with Crippen molar-refractivity contribution in [2.45, 2.75) is 64.7 Å². The van der Waals surface area contributed by atoms with E-state index in [-0.39, 0.29) is 12.2 Å². The lowest BCUT2D eigenvalue weighted by molar-refractivity contribution is -0.143. The second-order valence-corrected chi connectivity index (χ2v) is 10.7. The van der Waals surface area contributed by atoms with Crippen molar-refractivity contribution in [1.82, 2.24) is 16.0 Å². The number of carboxylic acid groups (broad SMARTS) is 1. The van der Waals surface area contributed by atoms with E-state index in [2.05, 4.69) is 20.5 Å². The third-order valence-electron chi connectivity index (χ3n) is 5.46. The molecule has 16 heteroatoms. The molecule has 218 valence electrons. The molecule has 0 aliphatic heterocycles. The Morgan fingerprint density at radius 1 is 0.872 bits per heavy atom. The fourth-order valence-electron chi connectivity index (χ4n) is 3.40. The number of aliphatic carboxylic acids is 1. The summed E-state index contributed by atoms with van der Waals surface area (Å²) in [6.45, 7) is 6.38. The number of phosphoric acid groups is 1. The third kappa shape index (κ3) is 11.8. The molecule has 1 rings (SSSR count). The first-order valence-corrected chi connectivity index (χ1v) is 13.5. The summed E-state index contributed by atoms with van der Waals surface area (Å²) in [6.07, 6.45) is -0.602. The van der Waals surface area contributed by atoms with Crippen molar-refractivity contribution in [3.05, 3.63) is 29.8 Å². The molecular formula is C23H36N5O10P. The highest BCUT2D eigenvalue weighted by molar-refractivity contribution is 7.46. The van der Waals surface area contributed by atoms with Gasteiger partial charge < -0.3 is 37.0 Å². The van der Waals surface area contributed by atoms with Crippen LogP contribution in [0.5, 0.6) is 5.75 Å². The van der Waals surface area contributed by atoms with Crippen LogP contribution < -0.4 is 31.9 Å². The molecule has 15 nitrogen and oxygen atoms in total. The van der Waals surface area contributed by atoms with E-state index in [9.17, 15) is 33.6 Å². The zero-order valence-electron chi connectivity index (χ0n) is 22.0. The molecule has 0 fully saturated rings. The number of amides is 4. The lowest BCUT2D eigenvalue weighted by Crippen LogP contribution is -2.59. The SMILES string of the molecule is CC(C)[C@H](NC(=O)[C@H](CC(N)=O)NC(=O)[C@@H](NC(=O)[C@@H](N)Cc1ccc(OP(=O)(O)O)cc1)C(C)C)C(=O)O. The Morgan fingerprint density at radius 3 is 1.82 bits per heavy atom. The number of benzene rings is 1. The fraction of sp³-hybridized carbons (Fsp3) is 0.522. The Morgan fingerprint density at radius 2 is 1.38 bits per heavy atom. The summed E-state index contributed by atoms with van der Waals surface area (Å²) in [7, 11) is -4.73. The summed E-state index contributed by atoms with van der Waals surface area (Å²) in [5.41, 5.74) is 11.7. The van der Waals surface area contributed by atoms with Gasteiger partial charge in [0.2, 0.25) is 23.6 Å². The van der Waals surface area contributed by atoms with Gasteiger partial charge in [-0.15, -0.1) is 0 Å².